The Morgan fingerprint density at radius 3 is 2.50 bits per heavy atom. The van der Waals surface area contributed by atoms with Gasteiger partial charge in [0.2, 0.25) is 10.0 Å². The molecule has 5 nitrogen and oxygen atoms in total. The van der Waals surface area contributed by atoms with E-state index in [1.165, 1.54) is 21.5 Å². The number of anilines is 1. The highest BCUT2D eigenvalue weighted by atomic mass is 35.5. The van der Waals surface area contributed by atoms with E-state index in [1.54, 1.807) is 23.5 Å². The van der Waals surface area contributed by atoms with Crippen molar-refractivity contribution in [2.75, 3.05) is 31.1 Å². The van der Waals surface area contributed by atoms with Crippen LogP contribution in [0.15, 0.2) is 52.7 Å². The Balaban J connectivity index is 1.43. The van der Waals surface area contributed by atoms with Crippen LogP contribution in [0.5, 0.6) is 0 Å². The van der Waals surface area contributed by atoms with Crippen LogP contribution < -0.4 is 4.90 Å². The summed E-state index contributed by atoms with van der Waals surface area (Å²) in [5.41, 5.74) is 3.55. The zero-order valence-electron chi connectivity index (χ0n) is 16.4. The predicted molar refractivity (Wildman–Crippen MR) is 124 cm³/mol. The molecule has 0 radical (unpaired) electrons. The number of thiazole rings is 1. The lowest BCUT2D eigenvalue weighted by Crippen LogP contribution is -2.48. The minimum absolute atomic E-state index is 0.0554. The molecule has 0 amide bonds. The first-order valence-electron chi connectivity index (χ1n) is 9.54. The van der Waals surface area contributed by atoms with Crippen molar-refractivity contribution >= 4 is 49.7 Å². The summed E-state index contributed by atoms with van der Waals surface area (Å²) in [6, 6.07) is 13.0. The second-order valence-corrected chi connectivity index (χ2v) is 10.7. The molecular weight excluding hydrogens is 461 g/mol. The fraction of sp³-hybridized carbons (Fsp3) is 0.286. The maximum Gasteiger partial charge on any atom is 0.244 e. The van der Waals surface area contributed by atoms with E-state index in [1.807, 2.05) is 12.1 Å². The molecule has 1 aromatic heterocycles. The van der Waals surface area contributed by atoms with Crippen LogP contribution in [-0.2, 0) is 16.4 Å². The van der Waals surface area contributed by atoms with Crippen LogP contribution in [0.25, 0.3) is 0 Å². The normalized spacial score (nSPS) is 15.5. The first-order chi connectivity index (χ1) is 14.4. The molecule has 9 heteroatoms. The van der Waals surface area contributed by atoms with Gasteiger partial charge >= 0.3 is 0 Å². The summed E-state index contributed by atoms with van der Waals surface area (Å²) in [4.78, 5) is 6.97. The summed E-state index contributed by atoms with van der Waals surface area (Å²) < 4.78 is 27.4. The van der Waals surface area contributed by atoms with E-state index >= 15 is 0 Å². The van der Waals surface area contributed by atoms with Crippen LogP contribution in [0.3, 0.4) is 0 Å². The summed E-state index contributed by atoms with van der Waals surface area (Å²) in [5, 5.41) is 3.32. The van der Waals surface area contributed by atoms with Gasteiger partial charge in [-0.15, -0.1) is 11.3 Å². The number of hydrogen-bond donors (Lipinski definition) is 0. The third-order valence-electron chi connectivity index (χ3n) is 5.22. The van der Waals surface area contributed by atoms with Crippen molar-refractivity contribution in [2.45, 2.75) is 18.2 Å². The van der Waals surface area contributed by atoms with Crippen LogP contribution in [0.1, 0.15) is 16.8 Å². The molecule has 4 rings (SSSR count). The van der Waals surface area contributed by atoms with Crippen molar-refractivity contribution in [3.05, 3.63) is 74.7 Å². The largest absolute Gasteiger partial charge is 0.345 e. The lowest BCUT2D eigenvalue weighted by atomic mass is 10.1. The van der Waals surface area contributed by atoms with E-state index < -0.39 is 10.0 Å². The minimum atomic E-state index is -3.69. The van der Waals surface area contributed by atoms with Crippen molar-refractivity contribution in [1.82, 2.24) is 9.29 Å². The van der Waals surface area contributed by atoms with Crippen LogP contribution in [0.4, 0.5) is 5.13 Å². The fourth-order valence-corrected chi connectivity index (χ4v) is 6.51. The van der Waals surface area contributed by atoms with E-state index in [0.717, 1.165) is 17.2 Å². The van der Waals surface area contributed by atoms with E-state index in [0.29, 0.717) is 26.2 Å². The standard InChI is InChI=1S/C21H21Cl2N3O2S2/c1-15-5-2-3-6-16(15)13-17-14-29-21(24-17)25-9-11-26(12-10-25)30(27,28)19-8-4-7-18(22)20(19)23/h2-8,14H,9-13H2,1H3. The van der Waals surface area contributed by atoms with Gasteiger partial charge in [0, 0.05) is 38.0 Å². The summed E-state index contributed by atoms with van der Waals surface area (Å²) in [6.45, 7) is 4.01. The molecule has 2 heterocycles. The predicted octanol–water partition coefficient (Wildman–Crippen LogP) is 4.86. The number of benzene rings is 2. The van der Waals surface area contributed by atoms with E-state index in [9.17, 15) is 8.42 Å². The highest BCUT2D eigenvalue weighted by molar-refractivity contribution is 7.89. The molecule has 2 aromatic carbocycles. The Morgan fingerprint density at radius 1 is 1.03 bits per heavy atom. The zero-order chi connectivity index (χ0) is 21.3. The Hall–Kier alpha value is -1.64. The number of nitrogens with zero attached hydrogens (tertiary/aromatic N) is 3. The van der Waals surface area contributed by atoms with Crippen molar-refractivity contribution in [1.29, 1.82) is 0 Å². The second-order valence-electron chi connectivity index (χ2n) is 7.17. The summed E-state index contributed by atoms with van der Waals surface area (Å²) in [6.07, 6.45) is 0.796. The minimum Gasteiger partial charge on any atom is -0.345 e. The van der Waals surface area contributed by atoms with Crippen molar-refractivity contribution in [2.24, 2.45) is 0 Å². The number of aryl methyl sites for hydroxylation is 1. The molecule has 1 aliphatic heterocycles. The Kier molecular flexibility index (Phi) is 6.36. The van der Waals surface area contributed by atoms with Crippen LogP contribution in [0, 0.1) is 6.92 Å². The molecule has 0 aliphatic carbocycles. The van der Waals surface area contributed by atoms with Crippen molar-refractivity contribution in [3.8, 4) is 0 Å². The van der Waals surface area contributed by atoms with Crippen LogP contribution in [-0.4, -0.2) is 43.9 Å². The van der Waals surface area contributed by atoms with Gasteiger partial charge in [0.05, 0.1) is 15.7 Å². The Bertz CT molecular complexity index is 1160. The quantitative estimate of drug-likeness (QED) is 0.521. The molecule has 0 bridgehead atoms. The van der Waals surface area contributed by atoms with Gasteiger partial charge < -0.3 is 4.90 Å². The third-order valence-corrected chi connectivity index (χ3v) is 9.04. The molecule has 3 aromatic rings. The molecule has 0 atom stereocenters. The summed E-state index contributed by atoms with van der Waals surface area (Å²) >= 11 is 13.7. The molecular formula is C21H21Cl2N3O2S2. The molecule has 1 fully saturated rings. The highest BCUT2D eigenvalue weighted by Gasteiger charge is 2.31. The van der Waals surface area contributed by atoms with Gasteiger partial charge in [0.15, 0.2) is 5.13 Å². The van der Waals surface area contributed by atoms with Crippen LogP contribution >= 0.6 is 34.5 Å². The number of hydrogen-bond acceptors (Lipinski definition) is 5. The number of aromatic nitrogens is 1. The Labute approximate surface area is 190 Å². The lowest BCUT2D eigenvalue weighted by Gasteiger charge is -2.34. The maximum absolute atomic E-state index is 13.0. The van der Waals surface area contributed by atoms with Gasteiger partial charge in [-0.1, -0.05) is 53.5 Å². The maximum atomic E-state index is 13.0. The van der Waals surface area contributed by atoms with E-state index in [4.69, 9.17) is 28.2 Å². The SMILES string of the molecule is Cc1ccccc1Cc1csc(N2CCN(S(=O)(=O)c3cccc(Cl)c3Cl)CC2)n1. The van der Waals surface area contributed by atoms with Gasteiger partial charge in [-0.05, 0) is 30.2 Å². The third kappa shape index (κ3) is 4.36. The van der Waals surface area contributed by atoms with Gasteiger partial charge in [-0.2, -0.15) is 4.31 Å². The fourth-order valence-electron chi connectivity index (χ4n) is 3.47. The molecule has 0 saturated carbocycles. The summed E-state index contributed by atoms with van der Waals surface area (Å²) in [7, 11) is -3.69. The molecule has 1 aliphatic rings. The molecule has 30 heavy (non-hydrogen) atoms. The van der Waals surface area contributed by atoms with E-state index in [-0.39, 0.29) is 14.9 Å². The van der Waals surface area contributed by atoms with Crippen LogP contribution in [0.2, 0.25) is 10.0 Å². The topological polar surface area (TPSA) is 53.5 Å². The molecule has 0 spiro atoms. The van der Waals surface area contributed by atoms with Gasteiger partial charge in [-0.25, -0.2) is 13.4 Å². The average molecular weight is 482 g/mol. The first kappa shape index (κ1) is 21.6. The number of sulfonamides is 1. The smallest absolute Gasteiger partial charge is 0.244 e. The monoisotopic (exact) mass is 481 g/mol. The summed E-state index contributed by atoms with van der Waals surface area (Å²) in [5.74, 6) is 0. The molecule has 158 valence electrons. The average Bonchev–Trinajstić information content (AvgIpc) is 3.20. The highest BCUT2D eigenvalue weighted by Crippen LogP contribution is 2.32. The van der Waals surface area contributed by atoms with Crippen molar-refractivity contribution < 1.29 is 8.42 Å². The van der Waals surface area contributed by atoms with Gasteiger partial charge in [0.25, 0.3) is 0 Å². The van der Waals surface area contributed by atoms with Gasteiger partial charge in [0.1, 0.15) is 4.90 Å². The molecule has 1 saturated heterocycles. The number of piperazine rings is 1. The van der Waals surface area contributed by atoms with E-state index in [2.05, 4.69) is 29.3 Å². The van der Waals surface area contributed by atoms with Gasteiger partial charge in [-0.3, -0.25) is 0 Å². The Morgan fingerprint density at radius 2 is 1.77 bits per heavy atom. The lowest BCUT2D eigenvalue weighted by molar-refractivity contribution is 0.384. The zero-order valence-corrected chi connectivity index (χ0v) is 19.5. The molecule has 0 unspecified atom stereocenters. The first-order valence-corrected chi connectivity index (χ1v) is 12.6. The van der Waals surface area contributed by atoms with Crippen molar-refractivity contribution in [3.63, 3.8) is 0 Å². The number of rotatable bonds is 5. The molecule has 0 N–H and O–H groups in total. The second kappa shape index (κ2) is 8.85. The number of halogens is 2.